The third-order valence-electron chi connectivity index (χ3n) is 3.06. The van der Waals surface area contributed by atoms with E-state index in [4.69, 9.17) is 0 Å². The molecule has 0 atom stereocenters. The second-order valence-electron chi connectivity index (χ2n) is 4.16. The highest BCUT2D eigenvalue weighted by molar-refractivity contribution is 9.09. The number of nitrogens with zero attached hydrogens (tertiary/aromatic N) is 1. The van der Waals surface area contributed by atoms with E-state index < -0.39 is 0 Å². The molecule has 0 aliphatic carbocycles. The summed E-state index contributed by atoms with van der Waals surface area (Å²) in [5.41, 5.74) is 0.546. The van der Waals surface area contributed by atoms with Crippen molar-refractivity contribution in [1.29, 1.82) is 0 Å². The normalized spacial score (nSPS) is 10.7. The predicted molar refractivity (Wildman–Crippen MR) is 75.6 cm³/mol. The van der Waals surface area contributed by atoms with E-state index in [1.54, 1.807) is 12.1 Å². The molecule has 0 aromatic heterocycles. The maximum absolute atomic E-state index is 12.9. The Morgan fingerprint density at radius 3 is 2.28 bits per heavy atom. The number of rotatable bonds is 6. The van der Waals surface area contributed by atoms with Crippen molar-refractivity contribution in [3.63, 3.8) is 0 Å². The third-order valence-corrected chi connectivity index (χ3v) is 3.42. The number of hydrogen-bond acceptors (Lipinski definition) is 1. The smallest absolute Gasteiger partial charge is 0.254 e. The topological polar surface area (TPSA) is 20.3 Å². The molecule has 0 bridgehead atoms. The van der Waals surface area contributed by atoms with Crippen LogP contribution in [0.3, 0.4) is 0 Å². The number of amides is 1. The second kappa shape index (κ2) is 7.52. The van der Waals surface area contributed by atoms with Gasteiger partial charge in [-0.25, -0.2) is 4.39 Å². The van der Waals surface area contributed by atoms with Gasteiger partial charge in [0.05, 0.1) is 0 Å². The number of hydrogen-bond donors (Lipinski definition) is 0. The van der Waals surface area contributed by atoms with E-state index in [0.29, 0.717) is 12.1 Å². The van der Waals surface area contributed by atoms with Crippen LogP contribution in [-0.2, 0) is 0 Å². The maximum Gasteiger partial charge on any atom is 0.254 e. The zero-order valence-corrected chi connectivity index (χ0v) is 12.4. The molecular weight excluding hydrogens is 297 g/mol. The zero-order chi connectivity index (χ0) is 13.5. The van der Waals surface area contributed by atoms with Gasteiger partial charge in [0.1, 0.15) is 5.82 Å². The number of benzene rings is 1. The Labute approximate surface area is 116 Å². The molecule has 1 aromatic rings. The van der Waals surface area contributed by atoms with Crippen molar-refractivity contribution < 1.29 is 9.18 Å². The van der Waals surface area contributed by atoms with Crippen LogP contribution in [-0.4, -0.2) is 28.7 Å². The minimum absolute atomic E-state index is 0.0249. The van der Waals surface area contributed by atoms with Crippen molar-refractivity contribution in [3.8, 4) is 0 Å². The van der Waals surface area contributed by atoms with Gasteiger partial charge in [0.25, 0.3) is 5.91 Å². The van der Waals surface area contributed by atoms with Crippen molar-refractivity contribution in [1.82, 2.24) is 4.90 Å². The quantitative estimate of drug-likeness (QED) is 0.730. The van der Waals surface area contributed by atoms with Crippen molar-refractivity contribution in [2.45, 2.75) is 32.7 Å². The molecule has 1 rings (SSSR count). The van der Waals surface area contributed by atoms with Crippen molar-refractivity contribution in [2.75, 3.05) is 11.9 Å². The second-order valence-corrected chi connectivity index (χ2v) is 4.96. The summed E-state index contributed by atoms with van der Waals surface area (Å²) < 4.78 is 12.9. The third kappa shape index (κ3) is 3.80. The largest absolute Gasteiger partial charge is 0.335 e. The van der Waals surface area contributed by atoms with Crippen LogP contribution >= 0.6 is 15.9 Å². The minimum Gasteiger partial charge on any atom is -0.335 e. The molecule has 0 saturated carbocycles. The first kappa shape index (κ1) is 15.2. The van der Waals surface area contributed by atoms with Crippen LogP contribution < -0.4 is 0 Å². The molecule has 4 heteroatoms. The Morgan fingerprint density at radius 1 is 1.28 bits per heavy atom. The van der Waals surface area contributed by atoms with Gasteiger partial charge in [-0.2, -0.15) is 0 Å². The van der Waals surface area contributed by atoms with Gasteiger partial charge in [0.2, 0.25) is 0 Å². The maximum atomic E-state index is 12.9. The molecule has 0 saturated heterocycles. The molecule has 0 unspecified atom stereocenters. The average molecular weight is 316 g/mol. The fraction of sp³-hybridized carbons (Fsp3) is 0.500. The van der Waals surface area contributed by atoms with Gasteiger partial charge in [0.15, 0.2) is 0 Å². The molecule has 18 heavy (non-hydrogen) atoms. The van der Waals surface area contributed by atoms with Crippen molar-refractivity contribution in [2.24, 2.45) is 0 Å². The lowest BCUT2D eigenvalue weighted by Gasteiger charge is -2.30. The lowest BCUT2D eigenvalue weighted by Crippen LogP contribution is -2.41. The Bertz CT molecular complexity index is 376. The van der Waals surface area contributed by atoms with Gasteiger partial charge in [-0.15, -0.1) is 0 Å². The Morgan fingerprint density at radius 2 is 1.83 bits per heavy atom. The molecule has 0 radical (unpaired) electrons. The van der Waals surface area contributed by atoms with E-state index in [1.807, 2.05) is 4.90 Å². The first-order valence-electron chi connectivity index (χ1n) is 6.26. The fourth-order valence-corrected chi connectivity index (χ4v) is 2.41. The first-order valence-corrected chi connectivity index (χ1v) is 7.38. The van der Waals surface area contributed by atoms with Crippen LogP contribution in [0.5, 0.6) is 0 Å². The molecule has 1 aromatic carbocycles. The highest BCUT2D eigenvalue weighted by atomic mass is 79.9. The first-order chi connectivity index (χ1) is 8.63. The van der Waals surface area contributed by atoms with E-state index in [9.17, 15) is 9.18 Å². The van der Waals surface area contributed by atoms with Gasteiger partial charge in [0, 0.05) is 23.5 Å². The summed E-state index contributed by atoms with van der Waals surface area (Å²) >= 11 is 3.38. The zero-order valence-electron chi connectivity index (χ0n) is 10.8. The summed E-state index contributed by atoms with van der Waals surface area (Å²) in [6.45, 7) is 4.82. The van der Waals surface area contributed by atoms with Gasteiger partial charge in [-0.3, -0.25) is 4.79 Å². The SMILES string of the molecule is CCC(CC)N(CCBr)C(=O)c1ccc(F)cc1. The highest BCUT2D eigenvalue weighted by Gasteiger charge is 2.21. The predicted octanol–water partition coefficient (Wildman–Crippen LogP) is 3.85. The van der Waals surface area contributed by atoms with Crippen LogP contribution in [0.2, 0.25) is 0 Å². The summed E-state index contributed by atoms with van der Waals surface area (Å²) in [7, 11) is 0. The van der Waals surface area contributed by atoms with Crippen LogP contribution in [0, 0.1) is 5.82 Å². The average Bonchev–Trinajstić information content (AvgIpc) is 2.39. The summed E-state index contributed by atoms with van der Waals surface area (Å²) in [5, 5.41) is 0.746. The molecule has 0 heterocycles. The van der Waals surface area contributed by atoms with Crippen LogP contribution in [0.1, 0.15) is 37.0 Å². The van der Waals surface area contributed by atoms with Crippen LogP contribution in [0.25, 0.3) is 0 Å². The lowest BCUT2D eigenvalue weighted by molar-refractivity contribution is 0.0683. The Kier molecular flexibility index (Phi) is 6.33. The number of alkyl halides is 1. The summed E-state index contributed by atoms with van der Waals surface area (Å²) in [5.74, 6) is -0.343. The van der Waals surface area contributed by atoms with Gasteiger partial charge >= 0.3 is 0 Å². The highest BCUT2D eigenvalue weighted by Crippen LogP contribution is 2.14. The molecule has 1 amide bonds. The lowest BCUT2D eigenvalue weighted by atomic mass is 10.1. The standard InChI is InChI=1S/C14H19BrFNO/c1-3-13(4-2)17(10-9-15)14(18)11-5-7-12(16)8-6-11/h5-8,13H,3-4,9-10H2,1-2H3. The Hall–Kier alpha value is -0.900. The summed E-state index contributed by atoms with van der Waals surface area (Å²) in [4.78, 5) is 14.3. The molecule has 0 N–H and O–H groups in total. The molecule has 100 valence electrons. The van der Waals surface area contributed by atoms with Crippen LogP contribution in [0.15, 0.2) is 24.3 Å². The molecular formula is C14H19BrFNO. The number of carbonyl (C=O) groups is 1. The van der Waals surface area contributed by atoms with Gasteiger partial charge in [-0.1, -0.05) is 29.8 Å². The van der Waals surface area contributed by atoms with E-state index in [0.717, 1.165) is 18.2 Å². The van der Waals surface area contributed by atoms with Crippen molar-refractivity contribution in [3.05, 3.63) is 35.6 Å². The molecule has 0 spiro atoms. The number of carbonyl (C=O) groups excluding carboxylic acids is 1. The minimum atomic E-state index is -0.318. The summed E-state index contributed by atoms with van der Waals surface area (Å²) in [6, 6.07) is 5.97. The Balaban J connectivity index is 2.91. The monoisotopic (exact) mass is 315 g/mol. The summed E-state index contributed by atoms with van der Waals surface area (Å²) in [6.07, 6.45) is 1.85. The molecule has 0 aliphatic heterocycles. The number of halogens is 2. The van der Waals surface area contributed by atoms with E-state index in [-0.39, 0.29) is 17.8 Å². The van der Waals surface area contributed by atoms with Crippen LogP contribution in [0.4, 0.5) is 4.39 Å². The van der Waals surface area contributed by atoms with E-state index in [1.165, 1.54) is 12.1 Å². The van der Waals surface area contributed by atoms with Crippen molar-refractivity contribution >= 4 is 21.8 Å². The molecule has 0 fully saturated rings. The molecule has 0 aliphatic rings. The molecule has 2 nitrogen and oxygen atoms in total. The van der Waals surface area contributed by atoms with E-state index >= 15 is 0 Å². The van der Waals surface area contributed by atoms with Gasteiger partial charge in [-0.05, 0) is 37.1 Å². The fourth-order valence-electron chi connectivity index (χ4n) is 2.03. The van der Waals surface area contributed by atoms with E-state index in [2.05, 4.69) is 29.8 Å². The van der Waals surface area contributed by atoms with Gasteiger partial charge < -0.3 is 4.90 Å².